The summed E-state index contributed by atoms with van der Waals surface area (Å²) >= 11 is 0. The molecule has 0 radical (unpaired) electrons. The first kappa shape index (κ1) is 22.8. The Morgan fingerprint density at radius 3 is 2.00 bits per heavy atom. The number of benzene rings is 2. The molecule has 3 rings (SSSR count). The average molecular weight is 427 g/mol. The van der Waals surface area contributed by atoms with E-state index in [0.717, 1.165) is 37.4 Å². The fourth-order valence-corrected chi connectivity index (χ4v) is 3.89. The van der Waals surface area contributed by atoms with Crippen LogP contribution < -0.4 is 25.2 Å². The number of para-hydroxylation sites is 2. The quantitative estimate of drug-likeness (QED) is 0.482. The minimum Gasteiger partial charge on any atom is -0.492 e. The summed E-state index contributed by atoms with van der Waals surface area (Å²) in [5.74, 6) is 0.716. The van der Waals surface area contributed by atoms with Gasteiger partial charge in [-0.05, 0) is 50.1 Å². The van der Waals surface area contributed by atoms with Crippen molar-refractivity contribution in [2.24, 2.45) is 0 Å². The van der Waals surface area contributed by atoms with Crippen molar-refractivity contribution < 1.29 is 24.1 Å². The Bertz CT molecular complexity index is 907. The Morgan fingerprint density at radius 1 is 0.839 bits per heavy atom. The number of hydrogen-bond acceptors (Lipinski definition) is 3. The van der Waals surface area contributed by atoms with Crippen molar-refractivity contribution in [2.75, 3.05) is 56.5 Å². The Balaban J connectivity index is 1.43. The Morgan fingerprint density at radius 2 is 1.39 bits per heavy atom. The van der Waals surface area contributed by atoms with Gasteiger partial charge in [-0.25, -0.2) is 0 Å². The van der Waals surface area contributed by atoms with Gasteiger partial charge in [-0.3, -0.25) is 9.59 Å². The first-order chi connectivity index (χ1) is 15.0. The summed E-state index contributed by atoms with van der Waals surface area (Å²) in [4.78, 5) is 27.5. The summed E-state index contributed by atoms with van der Waals surface area (Å²) in [5, 5.41) is 6.01. The summed E-state index contributed by atoms with van der Waals surface area (Å²) in [7, 11) is 0. The number of amides is 2. The van der Waals surface area contributed by atoms with Gasteiger partial charge in [0.05, 0.1) is 12.3 Å². The fraction of sp³-hybridized carbons (Fsp3) is 0.417. The number of anilines is 2. The molecule has 4 N–H and O–H groups in total. The van der Waals surface area contributed by atoms with Gasteiger partial charge in [-0.1, -0.05) is 24.3 Å². The molecule has 0 saturated carbocycles. The second kappa shape index (κ2) is 10.9. The van der Waals surface area contributed by atoms with Gasteiger partial charge >= 0.3 is 0 Å². The van der Waals surface area contributed by atoms with Crippen LogP contribution in [-0.4, -0.2) is 57.7 Å². The molecule has 1 aliphatic heterocycles. The molecule has 7 nitrogen and oxygen atoms in total. The Labute approximate surface area is 184 Å². The molecule has 0 unspecified atom stereocenters. The lowest BCUT2D eigenvalue weighted by Gasteiger charge is -2.29. The number of hydrogen-bond donors (Lipinski definition) is 4. The maximum absolute atomic E-state index is 12.5. The fourth-order valence-electron chi connectivity index (χ4n) is 3.89. The SMILES string of the molecule is CCOc1ccccc1NC(=O)C[NH+]1CC[NH+](CC(=O)Nc2cccc(C)c2C)CC1. The maximum Gasteiger partial charge on any atom is 0.279 e. The number of ether oxygens (including phenoxy) is 1. The van der Waals surface area contributed by atoms with Crippen molar-refractivity contribution in [3.63, 3.8) is 0 Å². The molecule has 1 heterocycles. The topological polar surface area (TPSA) is 76.3 Å². The predicted octanol–water partition coefficient (Wildman–Crippen LogP) is 0.0627. The highest BCUT2D eigenvalue weighted by atomic mass is 16.5. The number of carbonyl (C=O) groups is 2. The van der Waals surface area contributed by atoms with Crippen LogP contribution in [0.25, 0.3) is 0 Å². The van der Waals surface area contributed by atoms with Crippen LogP contribution >= 0.6 is 0 Å². The van der Waals surface area contributed by atoms with E-state index in [4.69, 9.17) is 4.74 Å². The van der Waals surface area contributed by atoms with Crippen LogP contribution in [0.1, 0.15) is 18.1 Å². The Hall–Kier alpha value is -2.90. The summed E-state index contributed by atoms with van der Waals surface area (Å²) < 4.78 is 5.57. The van der Waals surface area contributed by atoms with E-state index in [1.807, 2.05) is 63.2 Å². The third-order valence-electron chi connectivity index (χ3n) is 5.83. The number of piperazine rings is 1. The van der Waals surface area contributed by atoms with E-state index >= 15 is 0 Å². The van der Waals surface area contributed by atoms with Gasteiger partial charge in [-0.2, -0.15) is 0 Å². The monoisotopic (exact) mass is 426 g/mol. The Kier molecular flexibility index (Phi) is 8.03. The molecule has 7 heteroatoms. The minimum atomic E-state index is -0.0155. The van der Waals surface area contributed by atoms with Gasteiger partial charge in [0, 0.05) is 5.69 Å². The van der Waals surface area contributed by atoms with Crippen molar-refractivity contribution >= 4 is 23.2 Å². The highest BCUT2D eigenvalue weighted by molar-refractivity contribution is 5.93. The average Bonchev–Trinajstić information content (AvgIpc) is 2.74. The molecule has 166 valence electrons. The van der Waals surface area contributed by atoms with Crippen LogP contribution in [0.15, 0.2) is 42.5 Å². The van der Waals surface area contributed by atoms with E-state index in [9.17, 15) is 9.59 Å². The number of carbonyl (C=O) groups excluding carboxylic acids is 2. The van der Waals surface area contributed by atoms with Crippen molar-refractivity contribution in [3.8, 4) is 5.75 Å². The molecule has 0 atom stereocenters. The van der Waals surface area contributed by atoms with Gasteiger partial charge in [0.25, 0.3) is 11.8 Å². The third-order valence-corrected chi connectivity index (χ3v) is 5.83. The largest absolute Gasteiger partial charge is 0.492 e. The molecular formula is C24H34N4O3+2. The first-order valence-corrected chi connectivity index (χ1v) is 11.0. The molecule has 1 aliphatic rings. The second-order valence-electron chi connectivity index (χ2n) is 8.13. The zero-order valence-corrected chi connectivity index (χ0v) is 18.7. The molecule has 2 aromatic carbocycles. The highest BCUT2D eigenvalue weighted by Crippen LogP contribution is 2.23. The van der Waals surface area contributed by atoms with Crippen LogP contribution in [0.5, 0.6) is 5.75 Å². The number of aryl methyl sites for hydroxylation is 1. The lowest BCUT2D eigenvalue weighted by Crippen LogP contribution is -3.28. The van der Waals surface area contributed by atoms with Crippen molar-refractivity contribution in [1.82, 2.24) is 0 Å². The van der Waals surface area contributed by atoms with E-state index in [2.05, 4.69) is 10.6 Å². The molecule has 0 bridgehead atoms. The lowest BCUT2D eigenvalue weighted by molar-refractivity contribution is -1.00. The molecule has 1 saturated heterocycles. The molecule has 0 spiro atoms. The van der Waals surface area contributed by atoms with Gasteiger partial charge in [0.1, 0.15) is 31.9 Å². The molecule has 0 aliphatic carbocycles. The van der Waals surface area contributed by atoms with Crippen molar-refractivity contribution in [2.45, 2.75) is 20.8 Å². The van der Waals surface area contributed by atoms with E-state index < -0.39 is 0 Å². The van der Waals surface area contributed by atoms with Gasteiger partial charge in [-0.15, -0.1) is 0 Å². The number of nitrogens with one attached hydrogen (secondary N) is 4. The highest BCUT2D eigenvalue weighted by Gasteiger charge is 2.26. The maximum atomic E-state index is 12.5. The van der Waals surface area contributed by atoms with E-state index in [0.29, 0.717) is 31.1 Å². The summed E-state index contributed by atoms with van der Waals surface area (Å²) in [5.41, 5.74) is 3.88. The lowest BCUT2D eigenvalue weighted by atomic mass is 10.1. The van der Waals surface area contributed by atoms with Crippen LogP contribution in [0, 0.1) is 13.8 Å². The van der Waals surface area contributed by atoms with Gasteiger partial charge < -0.3 is 25.2 Å². The van der Waals surface area contributed by atoms with Gasteiger partial charge in [0.2, 0.25) is 0 Å². The third kappa shape index (κ3) is 6.54. The first-order valence-electron chi connectivity index (χ1n) is 11.0. The van der Waals surface area contributed by atoms with E-state index in [1.54, 1.807) is 0 Å². The van der Waals surface area contributed by atoms with Crippen LogP contribution in [0.4, 0.5) is 11.4 Å². The zero-order chi connectivity index (χ0) is 22.2. The molecule has 31 heavy (non-hydrogen) atoms. The molecular weight excluding hydrogens is 392 g/mol. The summed E-state index contributed by atoms with van der Waals surface area (Å²) in [6.45, 7) is 10.9. The molecule has 0 aromatic heterocycles. The summed E-state index contributed by atoms with van der Waals surface area (Å²) in [6, 6.07) is 13.4. The zero-order valence-electron chi connectivity index (χ0n) is 18.7. The number of rotatable bonds is 8. The van der Waals surface area contributed by atoms with Crippen molar-refractivity contribution in [3.05, 3.63) is 53.6 Å². The standard InChI is InChI=1S/C24H32N4O3/c1-4-31-22-11-6-5-9-21(22)26-24(30)17-28-14-12-27(13-15-28)16-23(29)25-20-10-7-8-18(2)19(20)3/h5-11H,4,12-17H2,1-3H3,(H,25,29)(H,26,30)/p+2. The van der Waals surface area contributed by atoms with Crippen LogP contribution in [0.2, 0.25) is 0 Å². The second-order valence-corrected chi connectivity index (χ2v) is 8.13. The van der Waals surface area contributed by atoms with E-state index in [-0.39, 0.29) is 11.8 Å². The van der Waals surface area contributed by atoms with Crippen LogP contribution in [-0.2, 0) is 9.59 Å². The smallest absolute Gasteiger partial charge is 0.279 e. The van der Waals surface area contributed by atoms with Crippen LogP contribution in [0.3, 0.4) is 0 Å². The van der Waals surface area contributed by atoms with Gasteiger partial charge in [0.15, 0.2) is 13.1 Å². The molecule has 1 fully saturated rings. The van der Waals surface area contributed by atoms with Crippen molar-refractivity contribution in [1.29, 1.82) is 0 Å². The number of quaternary nitrogens is 2. The summed E-state index contributed by atoms with van der Waals surface area (Å²) in [6.07, 6.45) is 0. The normalized spacial score (nSPS) is 18.3. The molecule has 2 aromatic rings. The van der Waals surface area contributed by atoms with E-state index in [1.165, 1.54) is 15.4 Å². The predicted molar refractivity (Wildman–Crippen MR) is 122 cm³/mol. The molecule has 2 amide bonds. The minimum absolute atomic E-state index is 0.0155.